The monoisotopic (exact) mass is 259 g/mol. The molecular formula is C12H18FNO2S. The highest BCUT2D eigenvalue weighted by Crippen LogP contribution is 2.09. The third-order valence-corrected chi connectivity index (χ3v) is 4.02. The summed E-state index contributed by atoms with van der Waals surface area (Å²) in [5, 5.41) is 0. The number of benzene rings is 1. The van der Waals surface area contributed by atoms with Crippen LogP contribution in [0.4, 0.5) is 4.39 Å². The van der Waals surface area contributed by atoms with Gasteiger partial charge in [-0.15, -0.1) is 0 Å². The second-order valence-corrected chi connectivity index (χ2v) is 5.97. The molecule has 0 aliphatic heterocycles. The standard InChI is InChI=1S/C12H18FNO2S/c1-3-8-17(15,16)14-7-6-11-4-5-12(13)10(2)9-11/h4-5,9,14H,3,6-8H2,1-2H3. The summed E-state index contributed by atoms with van der Waals surface area (Å²) in [6.07, 6.45) is 1.18. The van der Waals surface area contributed by atoms with Crippen LogP contribution in [-0.4, -0.2) is 20.7 Å². The summed E-state index contributed by atoms with van der Waals surface area (Å²) >= 11 is 0. The van der Waals surface area contributed by atoms with Gasteiger partial charge in [-0.25, -0.2) is 17.5 Å². The highest BCUT2D eigenvalue weighted by atomic mass is 32.2. The fourth-order valence-electron chi connectivity index (χ4n) is 1.55. The van der Waals surface area contributed by atoms with Gasteiger partial charge in [0, 0.05) is 6.54 Å². The Hall–Kier alpha value is -0.940. The highest BCUT2D eigenvalue weighted by Gasteiger charge is 2.07. The van der Waals surface area contributed by atoms with Gasteiger partial charge in [-0.05, 0) is 37.0 Å². The molecule has 0 spiro atoms. The van der Waals surface area contributed by atoms with E-state index in [2.05, 4.69) is 4.72 Å². The quantitative estimate of drug-likeness (QED) is 0.849. The lowest BCUT2D eigenvalue weighted by Crippen LogP contribution is -2.28. The molecular weight excluding hydrogens is 241 g/mol. The zero-order chi connectivity index (χ0) is 12.9. The normalized spacial score (nSPS) is 11.7. The van der Waals surface area contributed by atoms with E-state index in [1.807, 2.05) is 6.92 Å². The van der Waals surface area contributed by atoms with Gasteiger partial charge in [0.15, 0.2) is 0 Å². The maximum atomic E-state index is 13.0. The van der Waals surface area contributed by atoms with Crippen LogP contribution < -0.4 is 4.72 Å². The summed E-state index contributed by atoms with van der Waals surface area (Å²) < 4.78 is 38.3. The number of halogens is 1. The first-order chi connectivity index (χ1) is 7.94. The number of hydrogen-bond acceptors (Lipinski definition) is 2. The maximum Gasteiger partial charge on any atom is 0.211 e. The van der Waals surface area contributed by atoms with Crippen LogP contribution >= 0.6 is 0 Å². The van der Waals surface area contributed by atoms with Crippen molar-refractivity contribution in [3.8, 4) is 0 Å². The molecule has 0 fully saturated rings. The zero-order valence-electron chi connectivity index (χ0n) is 10.2. The molecule has 1 rings (SSSR count). The smallest absolute Gasteiger partial charge is 0.211 e. The van der Waals surface area contributed by atoms with Crippen molar-refractivity contribution in [3.63, 3.8) is 0 Å². The van der Waals surface area contributed by atoms with Crippen LogP contribution in [-0.2, 0) is 16.4 Å². The van der Waals surface area contributed by atoms with Crippen LogP contribution in [0.25, 0.3) is 0 Å². The predicted molar refractivity (Wildman–Crippen MR) is 66.9 cm³/mol. The van der Waals surface area contributed by atoms with Crippen molar-refractivity contribution in [1.29, 1.82) is 0 Å². The Morgan fingerprint density at radius 2 is 2.06 bits per heavy atom. The maximum absolute atomic E-state index is 13.0. The van der Waals surface area contributed by atoms with E-state index in [9.17, 15) is 12.8 Å². The molecule has 0 saturated carbocycles. The van der Waals surface area contributed by atoms with Crippen LogP contribution in [0, 0.1) is 12.7 Å². The molecule has 0 amide bonds. The van der Waals surface area contributed by atoms with Gasteiger partial charge in [0.25, 0.3) is 0 Å². The van der Waals surface area contributed by atoms with Crippen LogP contribution in [0.15, 0.2) is 18.2 Å². The first-order valence-electron chi connectivity index (χ1n) is 5.67. The Balaban J connectivity index is 2.49. The Labute approximate surface area is 102 Å². The molecule has 0 unspecified atom stereocenters. The topological polar surface area (TPSA) is 46.2 Å². The minimum atomic E-state index is -3.14. The van der Waals surface area contributed by atoms with Gasteiger partial charge in [-0.1, -0.05) is 19.1 Å². The van der Waals surface area contributed by atoms with Gasteiger partial charge in [-0.3, -0.25) is 0 Å². The molecule has 1 aromatic rings. The molecule has 0 aliphatic carbocycles. The van der Waals surface area contributed by atoms with Crippen LogP contribution in [0.5, 0.6) is 0 Å². The van der Waals surface area contributed by atoms with E-state index in [-0.39, 0.29) is 11.6 Å². The van der Waals surface area contributed by atoms with E-state index in [0.29, 0.717) is 24.9 Å². The molecule has 0 aromatic heterocycles. The number of hydrogen-bond donors (Lipinski definition) is 1. The Morgan fingerprint density at radius 3 is 2.65 bits per heavy atom. The third-order valence-electron chi connectivity index (χ3n) is 2.43. The van der Waals surface area contributed by atoms with E-state index < -0.39 is 10.0 Å². The number of nitrogens with one attached hydrogen (secondary N) is 1. The van der Waals surface area contributed by atoms with Crippen molar-refractivity contribution in [2.75, 3.05) is 12.3 Å². The first kappa shape index (κ1) is 14.1. The van der Waals surface area contributed by atoms with E-state index >= 15 is 0 Å². The number of sulfonamides is 1. The van der Waals surface area contributed by atoms with E-state index in [4.69, 9.17) is 0 Å². The van der Waals surface area contributed by atoms with Crippen LogP contribution in [0.3, 0.4) is 0 Å². The van der Waals surface area contributed by atoms with Gasteiger partial charge in [-0.2, -0.15) is 0 Å². The lowest BCUT2D eigenvalue weighted by Gasteiger charge is -2.06. The van der Waals surface area contributed by atoms with Gasteiger partial charge in [0.05, 0.1) is 5.75 Å². The average Bonchev–Trinajstić information content (AvgIpc) is 2.23. The molecule has 1 aromatic carbocycles. The fourth-order valence-corrected chi connectivity index (χ4v) is 2.65. The predicted octanol–water partition coefficient (Wildman–Crippen LogP) is 2.01. The van der Waals surface area contributed by atoms with E-state index in [1.165, 1.54) is 6.07 Å². The molecule has 0 atom stereocenters. The summed E-state index contributed by atoms with van der Waals surface area (Å²) in [5.74, 6) is -0.0876. The molecule has 5 heteroatoms. The summed E-state index contributed by atoms with van der Waals surface area (Å²) in [5.41, 5.74) is 1.52. The van der Waals surface area contributed by atoms with Crippen LogP contribution in [0.2, 0.25) is 0 Å². The Kier molecular flexibility index (Phi) is 5.08. The summed E-state index contributed by atoms with van der Waals surface area (Å²) in [4.78, 5) is 0. The number of aryl methyl sites for hydroxylation is 1. The van der Waals surface area contributed by atoms with Crippen molar-refractivity contribution < 1.29 is 12.8 Å². The number of rotatable bonds is 6. The van der Waals surface area contributed by atoms with Crippen molar-refractivity contribution in [3.05, 3.63) is 35.1 Å². The third kappa shape index (κ3) is 4.83. The highest BCUT2D eigenvalue weighted by molar-refractivity contribution is 7.89. The second kappa shape index (κ2) is 6.12. The summed E-state index contributed by atoms with van der Waals surface area (Å²) in [7, 11) is -3.14. The lowest BCUT2D eigenvalue weighted by molar-refractivity contribution is 0.580. The molecule has 3 nitrogen and oxygen atoms in total. The van der Waals surface area contributed by atoms with E-state index in [1.54, 1.807) is 19.1 Å². The zero-order valence-corrected chi connectivity index (χ0v) is 11.0. The first-order valence-corrected chi connectivity index (χ1v) is 7.32. The minimum Gasteiger partial charge on any atom is -0.215 e. The minimum absolute atomic E-state index is 0.148. The molecule has 0 heterocycles. The van der Waals surface area contributed by atoms with Gasteiger partial charge < -0.3 is 0 Å². The molecule has 0 aliphatic rings. The van der Waals surface area contributed by atoms with Gasteiger partial charge >= 0.3 is 0 Å². The largest absolute Gasteiger partial charge is 0.215 e. The van der Waals surface area contributed by atoms with Crippen molar-refractivity contribution in [2.24, 2.45) is 0 Å². The van der Waals surface area contributed by atoms with E-state index in [0.717, 1.165) is 5.56 Å². The molecule has 1 N–H and O–H groups in total. The van der Waals surface area contributed by atoms with Crippen molar-refractivity contribution >= 4 is 10.0 Å². The van der Waals surface area contributed by atoms with Crippen molar-refractivity contribution in [1.82, 2.24) is 4.72 Å². The molecule has 17 heavy (non-hydrogen) atoms. The summed E-state index contributed by atoms with van der Waals surface area (Å²) in [6, 6.07) is 4.82. The SMILES string of the molecule is CCCS(=O)(=O)NCCc1ccc(F)c(C)c1. The van der Waals surface area contributed by atoms with Gasteiger partial charge in [0.2, 0.25) is 10.0 Å². The molecule has 0 radical (unpaired) electrons. The lowest BCUT2D eigenvalue weighted by atomic mass is 10.1. The Morgan fingerprint density at radius 1 is 1.35 bits per heavy atom. The van der Waals surface area contributed by atoms with Crippen LogP contribution in [0.1, 0.15) is 24.5 Å². The molecule has 0 bridgehead atoms. The molecule has 0 saturated heterocycles. The average molecular weight is 259 g/mol. The Bertz CT molecular complexity index is 471. The molecule has 96 valence electrons. The van der Waals surface area contributed by atoms with Gasteiger partial charge in [0.1, 0.15) is 5.82 Å². The summed E-state index contributed by atoms with van der Waals surface area (Å²) in [6.45, 7) is 3.87. The van der Waals surface area contributed by atoms with Crippen molar-refractivity contribution in [2.45, 2.75) is 26.7 Å². The fraction of sp³-hybridized carbons (Fsp3) is 0.500. The second-order valence-electron chi connectivity index (χ2n) is 4.05.